The molecule has 1 unspecified atom stereocenters. The number of carbonyl (C=O) groups is 1. The molecule has 0 aliphatic heterocycles. The third-order valence-corrected chi connectivity index (χ3v) is 5.70. The van der Waals surface area contributed by atoms with E-state index < -0.39 is 0 Å². The number of fused-ring (bicyclic) bond motifs is 1. The Kier molecular flexibility index (Phi) is 7.53. The smallest absolute Gasteiger partial charge is 0.300 e. The Hall–Kier alpha value is -4.34. The van der Waals surface area contributed by atoms with Gasteiger partial charge in [-0.3, -0.25) is 18.6 Å². The standard InChI is InChI=1S/C26H29N5O5/c1-5-36-20-9-7-19(8-10-20)30-12-13-31-23(28-29-25(31)26(30)33)14-17(2)15-24(32)27-18-6-11-21(34-3)22(16-18)35-4/h6-13,16-17H,5,14-15H2,1-4H3,(H,27,32). The lowest BCUT2D eigenvalue weighted by Crippen LogP contribution is -2.21. The lowest BCUT2D eigenvalue weighted by atomic mass is 10.0. The van der Waals surface area contributed by atoms with Crippen LogP contribution < -0.4 is 25.1 Å². The van der Waals surface area contributed by atoms with Crippen LogP contribution in [0.5, 0.6) is 17.2 Å². The number of anilines is 1. The van der Waals surface area contributed by atoms with Crippen LogP contribution in [0.4, 0.5) is 5.69 Å². The molecule has 10 nitrogen and oxygen atoms in total. The van der Waals surface area contributed by atoms with Crippen molar-refractivity contribution < 1.29 is 19.0 Å². The number of ether oxygens (including phenoxy) is 3. The third kappa shape index (κ3) is 5.32. The van der Waals surface area contributed by atoms with Gasteiger partial charge in [-0.2, -0.15) is 0 Å². The first kappa shape index (κ1) is 24.8. The van der Waals surface area contributed by atoms with Crippen LogP contribution in [0.3, 0.4) is 0 Å². The van der Waals surface area contributed by atoms with Gasteiger partial charge in [-0.1, -0.05) is 6.92 Å². The van der Waals surface area contributed by atoms with Gasteiger partial charge < -0.3 is 19.5 Å². The summed E-state index contributed by atoms with van der Waals surface area (Å²) in [5.41, 5.74) is 1.27. The number of benzene rings is 2. The van der Waals surface area contributed by atoms with E-state index >= 15 is 0 Å². The van der Waals surface area contributed by atoms with Crippen LogP contribution >= 0.6 is 0 Å². The molecule has 0 radical (unpaired) electrons. The summed E-state index contributed by atoms with van der Waals surface area (Å²) in [7, 11) is 3.10. The lowest BCUT2D eigenvalue weighted by molar-refractivity contribution is -0.116. The number of methoxy groups -OCH3 is 2. The predicted octanol–water partition coefficient (Wildman–Crippen LogP) is 3.50. The molecule has 4 aromatic rings. The molecule has 2 heterocycles. The Morgan fingerprint density at radius 1 is 1.03 bits per heavy atom. The number of hydrogen-bond acceptors (Lipinski definition) is 7. The maximum atomic E-state index is 13.0. The minimum atomic E-state index is -0.278. The van der Waals surface area contributed by atoms with E-state index in [2.05, 4.69) is 15.5 Å². The van der Waals surface area contributed by atoms with E-state index in [9.17, 15) is 9.59 Å². The largest absolute Gasteiger partial charge is 0.494 e. The quantitative estimate of drug-likeness (QED) is 0.362. The highest BCUT2D eigenvalue weighted by molar-refractivity contribution is 5.91. The van der Waals surface area contributed by atoms with Gasteiger partial charge in [-0.05, 0) is 49.2 Å². The van der Waals surface area contributed by atoms with Crippen molar-refractivity contribution in [2.24, 2.45) is 5.92 Å². The third-order valence-electron chi connectivity index (χ3n) is 5.70. The number of hydrogen-bond donors (Lipinski definition) is 1. The second kappa shape index (κ2) is 10.9. The molecule has 36 heavy (non-hydrogen) atoms. The summed E-state index contributed by atoms with van der Waals surface area (Å²) in [6, 6.07) is 12.5. The molecule has 0 fully saturated rings. The molecular formula is C26H29N5O5. The highest BCUT2D eigenvalue weighted by Crippen LogP contribution is 2.30. The maximum Gasteiger partial charge on any atom is 0.300 e. The monoisotopic (exact) mass is 491 g/mol. The van der Waals surface area contributed by atoms with E-state index in [1.54, 1.807) is 49.2 Å². The van der Waals surface area contributed by atoms with E-state index in [0.717, 1.165) is 5.75 Å². The van der Waals surface area contributed by atoms with Crippen molar-refractivity contribution in [1.82, 2.24) is 19.2 Å². The first-order valence-corrected chi connectivity index (χ1v) is 11.6. The summed E-state index contributed by atoms with van der Waals surface area (Å²) < 4.78 is 19.2. The van der Waals surface area contributed by atoms with Crippen LogP contribution in [0.1, 0.15) is 26.1 Å². The minimum absolute atomic E-state index is 0.0360. The highest BCUT2D eigenvalue weighted by Gasteiger charge is 2.17. The van der Waals surface area contributed by atoms with Crippen molar-refractivity contribution in [2.45, 2.75) is 26.7 Å². The first-order chi connectivity index (χ1) is 17.4. The summed E-state index contributed by atoms with van der Waals surface area (Å²) in [4.78, 5) is 25.6. The second-order valence-corrected chi connectivity index (χ2v) is 8.34. The molecule has 188 valence electrons. The van der Waals surface area contributed by atoms with Crippen LogP contribution in [0.25, 0.3) is 11.3 Å². The maximum absolute atomic E-state index is 13.0. The van der Waals surface area contributed by atoms with Crippen molar-refractivity contribution in [2.75, 3.05) is 26.1 Å². The molecule has 0 aliphatic rings. The zero-order valence-electron chi connectivity index (χ0n) is 20.7. The van der Waals surface area contributed by atoms with Crippen LogP contribution in [-0.2, 0) is 11.2 Å². The first-order valence-electron chi connectivity index (χ1n) is 11.6. The predicted molar refractivity (Wildman–Crippen MR) is 135 cm³/mol. The fraction of sp³-hybridized carbons (Fsp3) is 0.308. The molecule has 1 N–H and O–H groups in total. The SMILES string of the molecule is CCOc1ccc(-n2ccn3c(CC(C)CC(=O)Nc4ccc(OC)c(OC)c4)nnc3c2=O)cc1. The second-order valence-electron chi connectivity index (χ2n) is 8.34. The van der Waals surface area contributed by atoms with Gasteiger partial charge in [0.1, 0.15) is 11.6 Å². The highest BCUT2D eigenvalue weighted by atomic mass is 16.5. The molecule has 4 rings (SSSR count). The lowest BCUT2D eigenvalue weighted by Gasteiger charge is -2.13. The molecule has 0 saturated heterocycles. The summed E-state index contributed by atoms with van der Waals surface area (Å²) in [6.07, 6.45) is 4.20. The molecule has 0 saturated carbocycles. The Balaban J connectivity index is 1.44. The van der Waals surface area contributed by atoms with Crippen LogP contribution in [0.2, 0.25) is 0 Å². The van der Waals surface area contributed by atoms with Crippen molar-refractivity contribution in [3.05, 3.63) is 71.0 Å². The molecule has 10 heteroatoms. The number of amides is 1. The van der Waals surface area contributed by atoms with E-state index in [1.807, 2.05) is 38.1 Å². The average Bonchev–Trinajstić information content (AvgIpc) is 3.28. The summed E-state index contributed by atoms with van der Waals surface area (Å²) >= 11 is 0. The van der Waals surface area contributed by atoms with E-state index in [0.29, 0.717) is 41.7 Å². The van der Waals surface area contributed by atoms with E-state index in [1.165, 1.54) is 4.57 Å². The number of aromatic nitrogens is 4. The molecule has 2 aromatic heterocycles. The topological polar surface area (TPSA) is 109 Å². The van der Waals surface area contributed by atoms with Gasteiger partial charge in [0.2, 0.25) is 11.6 Å². The van der Waals surface area contributed by atoms with Crippen molar-refractivity contribution in [3.63, 3.8) is 0 Å². The molecule has 0 bridgehead atoms. The summed E-state index contributed by atoms with van der Waals surface area (Å²) in [5, 5.41) is 11.2. The number of nitrogens with zero attached hydrogens (tertiary/aromatic N) is 4. The van der Waals surface area contributed by atoms with Crippen molar-refractivity contribution in [1.29, 1.82) is 0 Å². The molecule has 1 amide bonds. The Morgan fingerprint density at radius 3 is 2.47 bits per heavy atom. The zero-order valence-corrected chi connectivity index (χ0v) is 20.7. The van der Waals surface area contributed by atoms with Crippen LogP contribution in [0.15, 0.2) is 59.7 Å². The molecule has 2 aromatic carbocycles. The van der Waals surface area contributed by atoms with Gasteiger partial charge in [0.05, 0.1) is 20.8 Å². The average molecular weight is 492 g/mol. The number of nitrogens with one attached hydrogen (secondary N) is 1. The summed E-state index contributed by atoms with van der Waals surface area (Å²) in [5.74, 6) is 2.31. The van der Waals surface area contributed by atoms with Gasteiger partial charge in [0.15, 0.2) is 11.5 Å². The summed E-state index contributed by atoms with van der Waals surface area (Å²) in [6.45, 7) is 4.45. The van der Waals surface area contributed by atoms with Gasteiger partial charge in [-0.15, -0.1) is 10.2 Å². The minimum Gasteiger partial charge on any atom is -0.494 e. The Bertz CT molecular complexity index is 1410. The van der Waals surface area contributed by atoms with Crippen LogP contribution in [0, 0.1) is 5.92 Å². The van der Waals surface area contributed by atoms with Crippen molar-refractivity contribution in [3.8, 4) is 22.9 Å². The number of carbonyl (C=O) groups excluding carboxylic acids is 1. The number of rotatable bonds is 10. The van der Waals surface area contributed by atoms with E-state index in [-0.39, 0.29) is 29.5 Å². The fourth-order valence-corrected chi connectivity index (χ4v) is 3.97. The molecule has 1 atom stereocenters. The Morgan fingerprint density at radius 2 is 1.78 bits per heavy atom. The van der Waals surface area contributed by atoms with Gasteiger partial charge in [0.25, 0.3) is 0 Å². The van der Waals surface area contributed by atoms with Gasteiger partial charge in [-0.25, -0.2) is 0 Å². The fourth-order valence-electron chi connectivity index (χ4n) is 3.97. The van der Waals surface area contributed by atoms with Gasteiger partial charge in [0, 0.05) is 42.7 Å². The van der Waals surface area contributed by atoms with Gasteiger partial charge >= 0.3 is 5.56 Å². The normalized spacial score (nSPS) is 11.8. The Labute approximate surface area is 208 Å². The molecule has 0 aliphatic carbocycles. The molecular weight excluding hydrogens is 462 g/mol. The van der Waals surface area contributed by atoms with Crippen LogP contribution in [-0.4, -0.2) is 45.9 Å². The zero-order chi connectivity index (χ0) is 25.7. The van der Waals surface area contributed by atoms with E-state index in [4.69, 9.17) is 14.2 Å². The molecule has 0 spiro atoms. The van der Waals surface area contributed by atoms with Crippen molar-refractivity contribution >= 4 is 17.2 Å².